The fraction of sp³-hybridized carbons (Fsp3) is 0.778. The molecule has 0 saturated carbocycles. The van der Waals surface area contributed by atoms with E-state index in [4.69, 9.17) is 14.9 Å². The van der Waals surface area contributed by atoms with Crippen LogP contribution < -0.4 is 5.73 Å². The number of ether oxygens (including phenoxy) is 1. The second-order valence-electron chi connectivity index (χ2n) is 3.63. The average molecular weight is 197 g/mol. The third-order valence-corrected chi connectivity index (χ3v) is 2.60. The lowest BCUT2D eigenvalue weighted by Gasteiger charge is -2.25. The van der Waals surface area contributed by atoms with Crippen LogP contribution in [0, 0.1) is 12.8 Å². The number of aromatic nitrogens is 2. The van der Waals surface area contributed by atoms with Gasteiger partial charge in [-0.25, -0.2) is 0 Å². The zero-order valence-corrected chi connectivity index (χ0v) is 8.27. The van der Waals surface area contributed by atoms with Gasteiger partial charge in [0.15, 0.2) is 0 Å². The lowest BCUT2D eigenvalue weighted by molar-refractivity contribution is 0.0552. The Balaban J connectivity index is 2.03. The quantitative estimate of drug-likeness (QED) is 0.759. The molecule has 1 aromatic heterocycles. The van der Waals surface area contributed by atoms with Crippen molar-refractivity contribution in [3.63, 3.8) is 0 Å². The maximum Gasteiger partial charge on any atom is 0.233 e. The largest absolute Gasteiger partial charge is 0.424 e. The van der Waals surface area contributed by atoms with Crippen molar-refractivity contribution < 1.29 is 9.15 Å². The summed E-state index contributed by atoms with van der Waals surface area (Å²) in [6.07, 6.45) is 1.95. The molecule has 78 valence electrons. The molecule has 2 heterocycles. The topological polar surface area (TPSA) is 74.2 Å². The van der Waals surface area contributed by atoms with E-state index >= 15 is 0 Å². The molecule has 0 amide bonds. The van der Waals surface area contributed by atoms with Crippen molar-refractivity contribution in [2.24, 2.45) is 11.7 Å². The maximum atomic E-state index is 6.03. The highest BCUT2D eigenvalue weighted by Gasteiger charge is 2.25. The Morgan fingerprint density at radius 3 is 2.64 bits per heavy atom. The SMILES string of the molecule is Cc1nnc(C(N)C2CCOCC2)o1. The minimum absolute atomic E-state index is 0.139. The van der Waals surface area contributed by atoms with E-state index in [1.807, 2.05) is 0 Å². The summed E-state index contributed by atoms with van der Waals surface area (Å²) >= 11 is 0. The summed E-state index contributed by atoms with van der Waals surface area (Å²) in [7, 11) is 0. The van der Waals surface area contributed by atoms with E-state index in [0.717, 1.165) is 26.1 Å². The number of rotatable bonds is 2. The first-order valence-electron chi connectivity index (χ1n) is 4.90. The second kappa shape index (κ2) is 4.06. The average Bonchev–Trinajstić information content (AvgIpc) is 2.65. The van der Waals surface area contributed by atoms with Crippen LogP contribution in [0.4, 0.5) is 0 Å². The van der Waals surface area contributed by atoms with Crippen LogP contribution in [0.1, 0.15) is 30.7 Å². The highest BCUT2D eigenvalue weighted by atomic mass is 16.5. The molecular weight excluding hydrogens is 182 g/mol. The van der Waals surface area contributed by atoms with Crippen LogP contribution in [0.15, 0.2) is 4.42 Å². The van der Waals surface area contributed by atoms with Crippen LogP contribution in [0.2, 0.25) is 0 Å². The smallest absolute Gasteiger partial charge is 0.233 e. The van der Waals surface area contributed by atoms with Crippen molar-refractivity contribution in [3.8, 4) is 0 Å². The number of hydrogen-bond acceptors (Lipinski definition) is 5. The predicted octanol–water partition coefficient (Wildman–Crippen LogP) is 0.804. The van der Waals surface area contributed by atoms with E-state index in [1.54, 1.807) is 6.92 Å². The molecular formula is C9H15N3O2. The van der Waals surface area contributed by atoms with Gasteiger partial charge in [-0.05, 0) is 18.8 Å². The molecule has 1 fully saturated rings. The summed E-state index contributed by atoms with van der Waals surface area (Å²) in [6, 6.07) is -0.139. The van der Waals surface area contributed by atoms with Crippen molar-refractivity contribution in [2.75, 3.05) is 13.2 Å². The van der Waals surface area contributed by atoms with Gasteiger partial charge in [0.05, 0.1) is 6.04 Å². The molecule has 5 heteroatoms. The van der Waals surface area contributed by atoms with Gasteiger partial charge in [0.1, 0.15) is 0 Å². The Morgan fingerprint density at radius 2 is 2.07 bits per heavy atom. The molecule has 1 aromatic rings. The van der Waals surface area contributed by atoms with Crippen molar-refractivity contribution in [2.45, 2.75) is 25.8 Å². The van der Waals surface area contributed by atoms with Gasteiger partial charge >= 0.3 is 0 Å². The summed E-state index contributed by atoms with van der Waals surface area (Å²) in [5, 5.41) is 7.71. The Bertz CT molecular complexity index is 294. The van der Waals surface area contributed by atoms with E-state index in [2.05, 4.69) is 10.2 Å². The molecule has 0 aromatic carbocycles. The predicted molar refractivity (Wildman–Crippen MR) is 49.5 cm³/mol. The molecule has 2 rings (SSSR count). The van der Waals surface area contributed by atoms with Gasteiger partial charge in [0, 0.05) is 20.1 Å². The third-order valence-electron chi connectivity index (χ3n) is 2.60. The molecule has 14 heavy (non-hydrogen) atoms. The first kappa shape index (κ1) is 9.61. The van der Waals surface area contributed by atoms with Crippen LogP contribution >= 0.6 is 0 Å². The molecule has 0 radical (unpaired) electrons. The maximum absolute atomic E-state index is 6.03. The Morgan fingerprint density at radius 1 is 1.36 bits per heavy atom. The van der Waals surface area contributed by atoms with Gasteiger partial charge in [-0.1, -0.05) is 0 Å². The van der Waals surface area contributed by atoms with E-state index in [-0.39, 0.29) is 6.04 Å². The summed E-state index contributed by atoms with van der Waals surface area (Å²) in [4.78, 5) is 0. The van der Waals surface area contributed by atoms with Crippen molar-refractivity contribution in [1.82, 2.24) is 10.2 Å². The molecule has 0 bridgehead atoms. The fourth-order valence-corrected chi connectivity index (χ4v) is 1.72. The molecule has 5 nitrogen and oxygen atoms in total. The Hall–Kier alpha value is -0.940. The zero-order chi connectivity index (χ0) is 9.97. The third kappa shape index (κ3) is 1.93. The van der Waals surface area contributed by atoms with Crippen LogP contribution in [0.5, 0.6) is 0 Å². The molecule has 1 saturated heterocycles. The minimum atomic E-state index is -0.139. The zero-order valence-electron chi connectivity index (χ0n) is 8.27. The number of nitrogens with zero attached hydrogens (tertiary/aromatic N) is 2. The summed E-state index contributed by atoms with van der Waals surface area (Å²) < 4.78 is 10.6. The second-order valence-corrected chi connectivity index (χ2v) is 3.63. The monoisotopic (exact) mass is 197 g/mol. The molecule has 1 unspecified atom stereocenters. The van der Waals surface area contributed by atoms with Gasteiger partial charge in [-0.2, -0.15) is 0 Å². The molecule has 1 atom stereocenters. The van der Waals surface area contributed by atoms with Gasteiger partial charge in [0.2, 0.25) is 11.8 Å². The highest BCUT2D eigenvalue weighted by Crippen LogP contribution is 2.26. The van der Waals surface area contributed by atoms with Gasteiger partial charge in [-0.3, -0.25) is 0 Å². The van der Waals surface area contributed by atoms with Crippen molar-refractivity contribution >= 4 is 0 Å². The first-order valence-corrected chi connectivity index (χ1v) is 4.90. The number of aryl methyl sites for hydroxylation is 1. The normalized spacial score (nSPS) is 21.0. The van der Waals surface area contributed by atoms with Crippen LogP contribution in [0.3, 0.4) is 0 Å². The number of nitrogens with two attached hydrogens (primary N) is 1. The summed E-state index contributed by atoms with van der Waals surface area (Å²) in [5.41, 5.74) is 6.03. The first-order chi connectivity index (χ1) is 6.77. The van der Waals surface area contributed by atoms with Crippen molar-refractivity contribution in [3.05, 3.63) is 11.8 Å². The Kier molecular flexibility index (Phi) is 2.79. The van der Waals surface area contributed by atoms with Gasteiger partial charge in [-0.15, -0.1) is 10.2 Å². The lowest BCUT2D eigenvalue weighted by atomic mass is 9.92. The van der Waals surface area contributed by atoms with Crippen LogP contribution in [-0.4, -0.2) is 23.4 Å². The standard InChI is InChI=1S/C9H15N3O2/c1-6-11-12-9(14-6)8(10)7-2-4-13-5-3-7/h7-8H,2-5,10H2,1H3. The summed E-state index contributed by atoms with van der Waals surface area (Å²) in [6.45, 7) is 3.34. The molecule has 0 aliphatic carbocycles. The fourth-order valence-electron chi connectivity index (χ4n) is 1.72. The molecule has 1 aliphatic rings. The molecule has 2 N–H and O–H groups in total. The van der Waals surface area contributed by atoms with E-state index in [9.17, 15) is 0 Å². The van der Waals surface area contributed by atoms with E-state index in [1.165, 1.54) is 0 Å². The van der Waals surface area contributed by atoms with E-state index in [0.29, 0.717) is 17.7 Å². The number of hydrogen-bond donors (Lipinski definition) is 1. The minimum Gasteiger partial charge on any atom is -0.424 e. The molecule has 1 aliphatic heterocycles. The van der Waals surface area contributed by atoms with Crippen molar-refractivity contribution in [1.29, 1.82) is 0 Å². The molecule has 0 spiro atoms. The Labute approximate surface area is 82.6 Å². The summed E-state index contributed by atoms with van der Waals surface area (Å²) in [5.74, 6) is 1.53. The van der Waals surface area contributed by atoms with Crippen LogP contribution in [0.25, 0.3) is 0 Å². The van der Waals surface area contributed by atoms with Crippen LogP contribution in [-0.2, 0) is 4.74 Å². The lowest BCUT2D eigenvalue weighted by Crippen LogP contribution is -2.27. The van der Waals surface area contributed by atoms with Gasteiger partial charge in [0.25, 0.3) is 0 Å². The highest BCUT2D eigenvalue weighted by molar-refractivity contribution is 4.91. The van der Waals surface area contributed by atoms with Gasteiger partial charge < -0.3 is 14.9 Å². The van der Waals surface area contributed by atoms with E-state index < -0.39 is 0 Å².